The van der Waals surface area contributed by atoms with Gasteiger partial charge >= 0.3 is 0 Å². The Balaban J connectivity index is 2.08. The zero-order valence-electron chi connectivity index (χ0n) is 12.6. The molecule has 0 radical (unpaired) electrons. The van der Waals surface area contributed by atoms with Crippen molar-refractivity contribution in [1.82, 2.24) is 0 Å². The average molecular weight is 286 g/mol. The van der Waals surface area contributed by atoms with Gasteiger partial charge in [-0.1, -0.05) is 72.8 Å². The predicted molar refractivity (Wildman–Crippen MR) is 92.9 cm³/mol. The molecule has 0 bridgehead atoms. The lowest BCUT2D eigenvalue weighted by Crippen LogP contribution is -1.89. The zero-order valence-corrected chi connectivity index (χ0v) is 12.6. The van der Waals surface area contributed by atoms with E-state index < -0.39 is 0 Å². The van der Waals surface area contributed by atoms with Gasteiger partial charge in [0.25, 0.3) is 0 Å². The standard InChI is InChI=1S/C21H18O/c1-22-20-14-12-19(13-15-20)21(18-10-6-3-7-11-18)16-17-8-4-2-5-9-17/h2-16H,1H3. The molecule has 0 unspecified atom stereocenters. The highest BCUT2D eigenvalue weighted by atomic mass is 16.5. The predicted octanol–water partition coefficient (Wildman–Crippen LogP) is 5.28. The maximum Gasteiger partial charge on any atom is 0.118 e. The Morgan fingerprint density at radius 3 is 1.82 bits per heavy atom. The molecule has 22 heavy (non-hydrogen) atoms. The van der Waals surface area contributed by atoms with Crippen molar-refractivity contribution in [3.05, 3.63) is 102 Å². The van der Waals surface area contributed by atoms with Gasteiger partial charge in [-0.25, -0.2) is 0 Å². The molecule has 0 N–H and O–H groups in total. The Kier molecular flexibility index (Phi) is 4.35. The molecule has 3 aromatic rings. The van der Waals surface area contributed by atoms with Crippen LogP contribution in [0, 0.1) is 0 Å². The van der Waals surface area contributed by atoms with E-state index in [0.29, 0.717) is 0 Å². The van der Waals surface area contributed by atoms with Crippen LogP contribution in [0.15, 0.2) is 84.9 Å². The van der Waals surface area contributed by atoms with Gasteiger partial charge in [0.15, 0.2) is 0 Å². The molecule has 0 aromatic heterocycles. The quantitative estimate of drug-likeness (QED) is 0.593. The minimum atomic E-state index is 0.871. The molecule has 0 aliphatic rings. The SMILES string of the molecule is COc1ccc(C(=Cc2ccccc2)c2ccccc2)cc1. The van der Waals surface area contributed by atoms with E-state index in [0.717, 1.165) is 5.75 Å². The molecule has 1 nitrogen and oxygen atoms in total. The monoisotopic (exact) mass is 286 g/mol. The maximum absolute atomic E-state index is 5.25. The van der Waals surface area contributed by atoms with Gasteiger partial charge in [-0.2, -0.15) is 0 Å². The molecule has 108 valence electrons. The summed E-state index contributed by atoms with van der Waals surface area (Å²) in [4.78, 5) is 0. The first-order valence-corrected chi connectivity index (χ1v) is 7.33. The minimum Gasteiger partial charge on any atom is -0.497 e. The van der Waals surface area contributed by atoms with Crippen LogP contribution in [0.1, 0.15) is 16.7 Å². The van der Waals surface area contributed by atoms with Crippen LogP contribution in [-0.2, 0) is 0 Å². The van der Waals surface area contributed by atoms with E-state index in [2.05, 4.69) is 66.7 Å². The van der Waals surface area contributed by atoms with Gasteiger partial charge < -0.3 is 4.74 Å². The third-order valence-electron chi connectivity index (χ3n) is 3.60. The van der Waals surface area contributed by atoms with Crippen molar-refractivity contribution in [2.24, 2.45) is 0 Å². The lowest BCUT2D eigenvalue weighted by Gasteiger charge is -2.10. The van der Waals surface area contributed by atoms with Crippen molar-refractivity contribution >= 4 is 11.6 Å². The van der Waals surface area contributed by atoms with Gasteiger partial charge in [0.05, 0.1) is 7.11 Å². The normalized spacial score (nSPS) is 11.2. The highest BCUT2D eigenvalue weighted by Gasteiger charge is 2.05. The van der Waals surface area contributed by atoms with Gasteiger partial charge in [-0.3, -0.25) is 0 Å². The van der Waals surface area contributed by atoms with Gasteiger partial charge in [0.2, 0.25) is 0 Å². The third-order valence-corrected chi connectivity index (χ3v) is 3.60. The third kappa shape index (κ3) is 3.26. The topological polar surface area (TPSA) is 9.23 Å². The first-order chi connectivity index (χ1) is 10.9. The summed E-state index contributed by atoms with van der Waals surface area (Å²) in [5, 5.41) is 0. The van der Waals surface area contributed by atoms with Gasteiger partial charge in [-0.15, -0.1) is 0 Å². The van der Waals surface area contributed by atoms with Crippen molar-refractivity contribution in [3.63, 3.8) is 0 Å². The summed E-state index contributed by atoms with van der Waals surface area (Å²) in [5.74, 6) is 0.871. The molecule has 0 aliphatic carbocycles. The Bertz CT molecular complexity index is 741. The first kappa shape index (κ1) is 14.2. The van der Waals surface area contributed by atoms with E-state index >= 15 is 0 Å². The number of hydrogen-bond donors (Lipinski definition) is 0. The second-order valence-electron chi connectivity index (χ2n) is 5.06. The van der Waals surface area contributed by atoms with E-state index in [9.17, 15) is 0 Å². The van der Waals surface area contributed by atoms with Crippen molar-refractivity contribution in [2.75, 3.05) is 7.11 Å². The van der Waals surface area contributed by atoms with Gasteiger partial charge in [0, 0.05) is 0 Å². The Morgan fingerprint density at radius 1 is 0.682 bits per heavy atom. The minimum absolute atomic E-state index is 0.871. The molecule has 0 aliphatic heterocycles. The Labute approximate surface area is 131 Å². The first-order valence-electron chi connectivity index (χ1n) is 7.33. The molecule has 0 spiro atoms. The van der Waals surface area contributed by atoms with E-state index in [4.69, 9.17) is 4.74 Å². The molecular weight excluding hydrogens is 268 g/mol. The summed E-state index contributed by atoms with van der Waals surface area (Å²) in [6, 6.07) is 29.0. The van der Waals surface area contributed by atoms with Crippen LogP contribution < -0.4 is 4.74 Å². The zero-order chi connectivity index (χ0) is 15.2. The van der Waals surface area contributed by atoms with Crippen molar-refractivity contribution in [2.45, 2.75) is 0 Å². The molecule has 0 saturated heterocycles. The fraction of sp³-hybridized carbons (Fsp3) is 0.0476. The summed E-state index contributed by atoms with van der Waals surface area (Å²) in [7, 11) is 1.69. The number of benzene rings is 3. The number of hydrogen-bond acceptors (Lipinski definition) is 1. The molecule has 1 heteroatoms. The van der Waals surface area contributed by atoms with Crippen LogP contribution in [0.5, 0.6) is 5.75 Å². The maximum atomic E-state index is 5.25. The number of ether oxygens (including phenoxy) is 1. The highest BCUT2D eigenvalue weighted by molar-refractivity contribution is 5.91. The summed E-state index contributed by atoms with van der Waals surface area (Å²) in [5.41, 5.74) is 4.78. The Morgan fingerprint density at radius 2 is 1.23 bits per heavy atom. The molecule has 3 rings (SSSR count). The largest absolute Gasteiger partial charge is 0.497 e. The van der Waals surface area contributed by atoms with Crippen molar-refractivity contribution < 1.29 is 4.74 Å². The van der Waals surface area contributed by atoms with Crippen LogP contribution in [0.2, 0.25) is 0 Å². The fourth-order valence-corrected chi connectivity index (χ4v) is 2.44. The van der Waals surface area contributed by atoms with Crippen molar-refractivity contribution in [3.8, 4) is 5.75 Å². The fourth-order valence-electron chi connectivity index (χ4n) is 2.44. The summed E-state index contributed by atoms with van der Waals surface area (Å²) in [6.07, 6.45) is 2.22. The van der Waals surface area contributed by atoms with E-state index in [1.54, 1.807) is 7.11 Å². The number of methoxy groups -OCH3 is 1. The molecule has 0 amide bonds. The second-order valence-corrected chi connectivity index (χ2v) is 5.06. The van der Waals surface area contributed by atoms with Gasteiger partial charge in [0.1, 0.15) is 5.75 Å². The summed E-state index contributed by atoms with van der Waals surface area (Å²) >= 11 is 0. The van der Waals surface area contributed by atoms with Crippen LogP contribution in [0.4, 0.5) is 0 Å². The lowest BCUT2D eigenvalue weighted by atomic mass is 9.95. The van der Waals surface area contributed by atoms with Crippen LogP contribution in [0.3, 0.4) is 0 Å². The summed E-state index contributed by atoms with van der Waals surface area (Å²) in [6.45, 7) is 0. The highest BCUT2D eigenvalue weighted by Crippen LogP contribution is 2.27. The average Bonchev–Trinajstić information content (AvgIpc) is 2.61. The molecule has 0 heterocycles. The molecular formula is C21H18O. The van der Waals surface area contributed by atoms with Crippen LogP contribution >= 0.6 is 0 Å². The van der Waals surface area contributed by atoms with Crippen LogP contribution in [0.25, 0.3) is 11.6 Å². The smallest absolute Gasteiger partial charge is 0.118 e. The Hall–Kier alpha value is -2.80. The van der Waals surface area contributed by atoms with E-state index in [1.165, 1.54) is 22.3 Å². The van der Waals surface area contributed by atoms with Gasteiger partial charge in [-0.05, 0) is 40.5 Å². The lowest BCUT2D eigenvalue weighted by molar-refractivity contribution is 0.415. The summed E-state index contributed by atoms with van der Waals surface area (Å²) < 4.78 is 5.25. The number of rotatable bonds is 4. The molecule has 0 atom stereocenters. The van der Waals surface area contributed by atoms with E-state index in [1.807, 2.05) is 24.3 Å². The van der Waals surface area contributed by atoms with Crippen LogP contribution in [-0.4, -0.2) is 7.11 Å². The van der Waals surface area contributed by atoms with Crippen molar-refractivity contribution in [1.29, 1.82) is 0 Å². The molecule has 0 saturated carbocycles. The second kappa shape index (κ2) is 6.77. The van der Waals surface area contributed by atoms with E-state index in [-0.39, 0.29) is 0 Å². The molecule has 3 aromatic carbocycles. The molecule has 0 fully saturated rings.